The van der Waals surface area contributed by atoms with Gasteiger partial charge in [-0.05, 0) is 36.4 Å². The molecule has 0 aliphatic rings. The van der Waals surface area contributed by atoms with Gasteiger partial charge < -0.3 is 0 Å². The smallest absolute Gasteiger partial charge is 0.261 e. The number of hydrogen-bond donors (Lipinski definition) is 1. The molecule has 2 aromatic carbocycles. The van der Waals surface area contributed by atoms with Crippen molar-refractivity contribution < 1.29 is 8.42 Å². The molecule has 1 N–H and O–H groups in total. The van der Waals surface area contributed by atoms with E-state index >= 15 is 0 Å². The number of halogens is 4. The van der Waals surface area contributed by atoms with Gasteiger partial charge in [0.25, 0.3) is 10.0 Å². The van der Waals surface area contributed by atoms with Crippen LogP contribution in [0.5, 0.6) is 0 Å². The SMILES string of the molecule is O=S(=O)(Nc1cc(Cl)cc(Cl)c1)c1ccc(Cl)c(Cl)c1. The van der Waals surface area contributed by atoms with Gasteiger partial charge in [0.1, 0.15) is 0 Å². The molecular formula is C12H7Cl4NO2S. The first kappa shape index (κ1) is 15.7. The molecule has 0 unspecified atom stereocenters. The van der Waals surface area contributed by atoms with Gasteiger partial charge in [0.2, 0.25) is 0 Å². The Morgan fingerprint density at radius 3 is 1.95 bits per heavy atom. The molecule has 0 aliphatic carbocycles. The Hall–Kier alpha value is -0.650. The summed E-state index contributed by atoms with van der Waals surface area (Å²) in [5.41, 5.74) is 0.258. The van der Waals surface area contributed by atoms with Crippen molar-refractivity contribution in [3.63, 3.8) is 0 Å². The monoisotopic (exact) mass is 369 g/mol. The van der Waals surface area contributed by atoms with Gasteiger partial charge in [-0.15, -0.1) is 0 Å². The fourth-order valence-electron chi connectivity index (χ4n) is 1.47. The number of sulfonamides is 1. The number of hydrogen-bond acceptors (Lipinski definition) is 2. The summed E-state index contributed by atoms with van der Waals surface area (Å²) >= 11 is 23.2. The number of anilines is 1. The van der Waals surface area contributed by atoms with Gasteiger partial charge in [0.05, 0.1) is 20.6 Å². The van der Waals surface area contributed by atoms with E-state index in [0.29, 0.717) is 10.0 Å². The Balaban J connectivity index is 2.37. The quantitative estimate of drug-likeness (QED) is 0.816. The van der Waals surface area contributed by atoms with Gasteiger partial charge in [-0.1, -0.05) is 46.4 Å². The normalized spacial score (nSPS) is 11.4. The molecule has 0 spiro atoms. The third kappa shape index (κ3) is 3.71. The van der Waals surface area contributed by atoms with Crippen molar-refractivity contribution in [3.8, 4) is 0 Å². The van der Waals surface area contributed by atoms with Crippen LogP contribution in [0.4, 0.5) is 5.69 Å². The van der Waals surface area contributed by atoms with Crippen LogP contribution in [0.2, 0.25) is 20.1 Å². The highest BCUT2D eigenvalue weighted by molar-refractivity contribution is 7.92. The third-order valence-electron chi connectivity index (χ3n) is 2.32. The highest BCUT2D eigenvalue weighted by Gasteiger charge is 2.16. The van der Waals surface area contributed by atoms with Crippen LogP contribution in [-0.2, 0) is 10.0 Å². The van der Waals surface area contributed by atoms with Gasteiger partial charge in [-0.25, -0.2) is 8.42 Å². The summed E-state index contributed by atoms with van der Waals surface area (Å²) in [6.07, 6.45) is 0. The van der Waals surface area contributed by atoms with Crippen molar-refractivity contribution in [1.29, 1.82) is 0 Å². The molecule has 2 rings (SSSR count). The maximum Gasteiger partial charge on any atom is 0.261 e. The Morgan fingerprint density at radius 2 is 1.40 bits per heavy atom. The van der Waals surface area contributed by atoms with E-state index in [1.807, 2.05) is 0 Å². The van der Waals surface area contributed by atoms with E-state index in [0.717, 1.165) is 0 Å². The van der Waals surface area contributed by atoms with Crippen LogP contribution >= 0.6 is 46.4 Å². The Morgan fingerprint density at radius 1 is 0.800 bits per heavy atom. The molecule has 20 heavy (non-hydrogen) atoms. The fraction of sp³-hybridized carbons (Fsp3) is 0. The number of rotatable bonds is 3. The maximum atomic E-state index is 12.2. The van der Waals surface area contributed by atoms with E-state index in [1.54, 1.807) is 0 Å². The molecule has 8 heteroatoms. The lowest BCUT2D eigenvalue weighted by Gasteiger charge is -2.09. The number of benzene rings is 2. The zero-order chi connectivity index (χ0) is 14.9. The Labute approximate surface area is 136 Å². The summed E-state index contributed by atoms with van der Waals surface area (Å²) in [6, 6.07) is 8.41. The standard InChI is InChI=1S/C12H7Cl4NO2S/c13-7-3-8(14)5-9(4-7)17-20(18,19)10-1-2-11(15)12(16)6-10/h1-6,17H. The van der Waals surface area contributed by atoms with E-state index in [1.165, 1.54) is 36.4 Å². The minimum absolute atomic E-state index is 0.0111. The summed E-state index contributed by atoms with van der Waals surface area (Å²) in [5.74, 6) is 0. The van der Waals surface area contributed by atoms with E-state index in [2.05, 4.69) is 4.72 Å². The van der Waals surface area contributed by atoms with Crippen molar-refractivity contribution in [1.82, 2.24) is 0 Å². The lowest BCUT2D eigenvalue weighted by Crippen LogP contribution is -2.12. The first-order valence-electron chi connectivity index (χ1n) is 5.22. The van der Waals surface area contributed by atoms with Crippen LogP contribution < -0.4 is 4.72 Å². The van der Waals surface area contributed by atoms with Crippen molar-refractivity contribution >= 4 is 62.1 Å². The Kier molecular flexibility index (Phi) is 4.72. The summed E-state index contributed by atoms with van der Waals surface area (Å²) in [4.78, 5) is -0.0111. The molecule has 0 atom stereocenters. The van der Waals surface area contributed by atoms with Crippen LogP contribution in [0.3, 0.4) is 0 Å². The second-order valence-corrected chi connectivity index (χ2v) is 7.21. The zero-order valence-electron chi connectivity index (χ0n) is 9.70. The molecule has 0 bridgehead atoms. The molecule has 0 aromatic heterocycles. The number of nitrogens with one attached hydrogen (secondary N) is 1. The first-order chi connectivity index (χ1) is 9.28. The first-order valence-corrected chi connectivity index (χ1v) is 8.21. The molecule has 0 fully saturated rings. The Bertz CT molecular complexity index is 742. The van der Waals surface area contributed by atoms with E-state index in [4.69, 9.17) is 46.4 Å². The van der Waals surface area contributed by atoms with Gasteiger partial charge in [0, 0.05) is 10.0 Å². The van der Waals surface area contributed by atoms with Crippen LogP contribution in [0.1, 0.15) is 0 Å². The van der Waals surface area contributed by atoms with Crippen molar-refractivity contribution in [3.05, 3.63) is 56.5 Å². The van der Waals surface area contributed by atoms with E-state index in [9.17, 15) is 8.42 Å². The molecule has 3 nitrogen and oxygen atoms in total. The van der Waals surface area contributed by atoms with E-state index < -0.39 is 10.0 Å². The molecule has 0 heterocycles. The second-order valence-electron chi connectivity index (χ2n) is 3.84. The summed E-state index contributed by atoms with van der Waals surface area (Å²) in [6.45, 7) is 0. The minimum Gasteiger partial charge on any atom is -0.280 e. The third-order valence-corrected chi connectivity index (χ3v) is 4.87. The summed E-state index contributed by atoms with van der Waals surface area (Å²) in [7, 11) is -3.80. The van der Waals surface area contributed by atoms with Crippen molar-refractivity contribution in [2.24, 2.45) is 0 Å². The predicted octanol–water partition coefficient (Wildman–Crippen LogP) is 5.10. The fourth-order valence-corrected chi connectivity index (χ4v) is 3.43. The summed E-state index contributed by atoms with van der Waals surface area (Å²) in [5, 5.41) is 1.07. The lowest BCUT2D eigenvalue weighted by atomic mass is 10.3. The van der Waals surface area contributed by atoms with Crippen LogP contribution in [0, 0.1) is 0 Å². The van der Waals surface area contributed by atoms with Gasteiger partial charge in [-0.3, -0.25) is 4.72 Å². The van der Waals surface area contributed by atoms with Crippen molar-refractivity contribution in [2.45, 2.75) is 4.90 Å². The zero-order valence-corrected chi connectivity index (χ0v) is 13.5. The van der Waals surface area contributed by atoms with Gasteiger partial charge in [0.15, 0.2) is 0 Å². The molecule has 0 radical (unpaired) electrons. The molecule has 0 aliphatic heterocycles. The molecule has 2 aromatic rings. The van der Waals surface area contributed by atoms with Gasteiger partial charge in [-0.2, -0.15) is 0 Å². The molecular weight excluding hydrogens is 364 g/mol. The van der Waals surface area contributed by atoms with Crippen LogP contribution in [0.25, 0.3) is 0 Å². The maximum absolute atomic E-state index is 12.2. The highest BCUT2D eigenvalue weighted by Crippen LogP contribution is 2.28. The minimum atomic E-state index is -3.80. The topological polar surface area (TPSA) is 46.2 Å². The average Bonchev–Trinajstić information content (AvgIpc) is 2.30. The predicted molar refractivity (Wildman–Crippen MR) is 83.7 cm³/mol. The molecule has 0 saturated carbocycles. The van der Waals surface area contributed by atoms with Gasteiger partial charge >= 0.3 is 0 Å². The largest absolute Gasteiger partial charge is 0.280 e. The van der Waals surface area contributed by atoms with Crippen molar-refractivity contribution in [2.75, 3.05) is 4.72 Å². The van der Waals surface area contributed by atoms with Crippen LogP contribution in [0.15, 0.2) is 41.3 Å². The summed E-state index contributed by atoms with van der Waals surface area (Å²) < 4.78 is 26.7. The van der Waals surface area contributed by atoms with E-state index in [-0.39, 0.29) is 20.6 Å². The van der Waals surface area contributed by atoms with Crippen LogP contribution in [-0.4, -0.2) is 8.42 Å². The lowest BCUT2D eigenvalue weighted by molar-refractivity contribution is 0.601. The second kappa shape index (κ2) is 6.00. The average molecular weight is 371 g/mol. The molecule has 106 valence electrons. The molecule has 0 amide bonds. The highest BCUT2D eigenvalue weighted by atomic mass is 35.5. The molecule has 0 saturated heterocycles.